The van der Waals surface area contributed by atoms with E-state index in [4.69, 9.17) is 0 Å². The first-order chi connectivity index (χ1) is 7.95. The number of aryl methyl sites for hydroxylation is 1. The van der Waals surface area contributed by atoms with E-state index >= 15 is 0 Å². The second-order valence-electron chi connectivity index (χ2n) is 5.93. The second-order valence-corrected chi connectivity index (χ2v) is 5.93. The Labute approximate surface area is 102 Å². The van der Waals surface area contributed by atoms with Crippen LogP contribution < -0.4 is 0 Å². The highest BCUT2D eigenvalue weighted by molar-refractivity contribution is 5.07. The van der Waals surface area contributed by atoms with Crippen LogP contribution in [0.25, 0.3) is 0 Å². The molecule has 1 aromatic heterocycles. The molecule has 1 aromatic rings. The molecule has 0 N–H and O–H groups in total. The second kappa shape index (κ2) is 4.10. The van der Waals surface area contributed by atoms with Gasteiger partial charge in [0.1, 0.15) is 0 Å². The minimum atomic E-state index is -0.279. The fourth-order valence-corrected chi connectivity index (χ4v) is 2.43. The van der Waals surface area contributed by atoms with E-state index in [-0.39, 0.29) is 5.41 Å². The van der Waals surface area contributed by atoms with Gasteiger partial charge < -0.3 is 0 Å². The highest BCUT2D eigenvalue weighted by Gasteiger charge is 2.39. The lowest BCUT2D eigenvalue weighted by molar-refractivity contribution is 0.144. The molecule has 0 saturated heterocycles. The Balaban J connectivity index is 2.09. The first-order valence-electron chi connectivity index (χ1n) is 6.09. The molecule has 5 heteroatoms. The number of aromatic nitrogens is 4. The van der Waals surface area contributed by atoms with Crippen LogP contribution in [-0.2, 0) is 13.5 Å². The molecule has 0 aliphatic heterocycles. The van der Waals surface area contributed by atoms with Crippen molar-refractivity contribution in [1.82, 2.24) is 20.2 Å². The Morgan fingerprint density at radius 1 is 1.29 bits per heavy atom. The van der Waals surface area contributed by atoms with Crippen molar-refractivity contribution in [2.45, 2.75) is 46.0 Å². The van der Waals surface area contributed by atoms with Crippen LogP contribution in [0.1, 0.15) is 45.4 Å². The molecular weight excluding hydrogens is 214 g/mol. The highest BCUT2D eigenvalue weighted by Crippen LogP contribution is 2.45. The molecule has 0 amide bonds. The maximum Gasteiger partial charge on any atom is 0.176 e. The third-order valence-corrected chi connectivity index (χ3v) is 3.84. The summed E-state index contributed by atoms with van der Waals surface area (Å²) < 4.78 is 0. The van der Waals surface area contributed by atoms with E-state index in [1.54, 1.807) is 7.05 Å². The molecule has 2 rings (SSSR count). The maximum atomic E-state index is 9.45. The topological polar surface area (TPSA) is 67.4 Å². The van der Waals surface area contributed by atoms with Crippen LogP contribution in [0.2, 0.25) is 0 Å². The van der Waals surface area contributed by atoms with Gasteiger partial charge >= 0.3 is 0 Å². The molecule has 1 aliphatic rings. The Kier molecular flexibility index (Phi) is 2.90. The summed E-state index contributed by atoms with van der Waals surface area (Å²) in [5, 5.41) is 21.4. The predicted octanol–water partition coefficient (Wildman–Crippen LogP) is 1.86. The summed E-state index contributed by atoms with van der Waals surface area (Å²) in [6.45, 7) is 4.55. The normalized spacial score (nSPS) is 22.0. The lowest BCUT2D eigenvalue weighted by Gasteiger charge is -2.38. The van der Waals surface area contributed by atoms with Crippen molar-refractivity contribution in [3.8, 4) is 6.07 Å². The van der Waals surface area contributed by atoms with Crippen molar-refractivity contribution in [3.05, 3.63) is 5.82 Å². The number of hydrogen-bond acceptors (Lipinski definition) is 4. The molecule has 0 radical (unpaired) electrons. The van der Waals surface area contributed by atoms with Crippen LogP contribution in [-0.4, -0.2) is 20.2 Å². The molecular formula is C12H19N5. The predicted molar refractivity (Wildman–Crippen MR) is 62.8 cm³/mol. The first kappa shape index (κ1) is 12.0. The van der Waals surface area contributed by atoms with Gasteiger partial charge in [0.15, 0.2) is 5.82 Å². The van der Waals surface area contributed by atoms with Gasteiger partial charge in [-0.1, -0.05) is 13.8 Å². The molecule has 0 bridgehead atoms. The Bertz CT molecular complexity index is 430. The average Bonchev–Trinajstić information content (AvgIpc) is 2.68. The third kappa shape index (κ3) is 2.63. The lowest BCUT2D eigenvalue weighted by Crippen LogP contribution is -2.32. The molecule has 17 heavy (non-hydrogen) atoms. The van der Waals surface area contributed by atoms with Crippen molar-refractivity contribution in [2.75, 3.05) is 0 Å². The molecule has 92 valence electrons. The van der Waals surface area contributed by atoms with Crippen molar-refractivity contribution in [2.24, 2.45) is 17.9 Å². The summed E-state index contributed by atoms with van der Waals surface area (Å²) >= 11 is 0. The number of hydrogen-bond donors (Lipinski definition) is 0. The first-order valence-corrected chi connectivity index (χ1v) is 6.09. The van der Waals surface area contributed by atoms with Crippen molar-refractivity contribution in [3.63, 3.8) is 0 Å². The molecule has 0 spiro atoms. The van der Waals surface area contributed by atoms with Crippen molar-refractivity contribution in [1.29, 1.82) is 5.26 Å². The summed E-state index contributed by atoms with van der Waals surface area (Å²) in [7, 11) is 1.75. The molecule has 1 aliphatic carbocycles. The molecule has 1 saturated carbocycles. The van der Waals surface area contributed by atoms with Gasteiger partial charge in [-0.2, -0.15) is 10.1 Å². The zero-order valence-electron chi connectivity index (χ0n) is 10.8. The molecule has 0 aromatic carbocycles. The van der Waals surface area contributed by atoms with E-state index in [9.17, 15) is 5.26 Å². The summed E-state index contributed by atoms with van der Waals surface area (Å²) in [6, 6.07) is 2.50. The van der Waals surface area contributed by atoms with E-state index in [1.165, 1.54) is 4.80 Å². The van der Waals surface area contributed by atoms with E-state index in [2.05, 4.69) is 35.3 Å². The van der Waals surface area contributed by atoms with Gasteiger partial charge in [-0.05, 0) is 36.3 Å². The highest BCUT2D eigenvalue weighted by atomic mass is 15.6. The number of rotatable bonds is 2. The minimum absolute atomic E-state index is 0.279. The average molecular weight is 233 g/mol. The van der Waals surface area contributed by atoms with Crippen LogP contribution in [0.4, 0.5) is 0 Å². The number of nitriles is 1. The van der Waals surface area contributed by atoms with Gasteiger partial charge in [0.2, 0.25) is 0 Å². The number of tetrazole rings is 1. The molecule has 1 fully saturated rings. The van der Waals surface area contributed by atoms with Gasteiger partial charge in [0.25, 0.3) is 0 Å². The monoisotopic (exact) mass is 233 g/mol. The van der Waals surface area contributed by atoms with Crippen LogP contribution in [0.5, 0.6) is 0 Å². The summed E-state index contributed by atoms with van der Waals surface area (Å²) in [5.74, 6) is 0.689. The van der Waals surface area contributed by atoms with Gasteiger partial charge in [0, 0.05) is 6.42 Å². The molecule has 5 nitrogen and oxygen atoms in total. The van der Waals surface area contributed by atoms with Crippen LogP contribution >= 0.6 is 0 Å². The smallest absolute Gasteiger partial charge is 0.176 e. The maximum absolute atomic E-state index is 9.45. The van der Waals surface area contributed by atoms with E-state index in [0.29, 0.717) is 17.7 Å². The Hall–Kier alpha value is -1.44. The summed E-state index contributed by atoms with van der Waals surface area (Å²) in [6.07, 6.45) is 4.71. The zero-order valence-corrected chi connectivity index (χ0v) is 10.8. The lowest BCUT2D eigenvalue weighted by atomic mass is 9.64. The molecule has 1 heterocycles. The van der Waals surface area contributed by atoms with Crippen molar-refractivity contribution < 1.29 is 0 Å². The largest absolute Gasteiger partial charge is 0.198 e. The quantitative estimate of drug-likeness (QED) is 0.782. The van der Waals surface area contributed by atoms with Gasteiger partial charge in [-0.15, -0.1) is 10.2 Å². The van der Waals surface area contributed by atoms with Crippen LogP contribution in [0.15, 0.2) is 0 Å². The van der Waals surface area contributed by atoms with Gasteiger partial charge in [-0.25, -0.2) is 0 Å². The van der Waals surface area contributed by atoms with Crippen LogP contribution in [0, 0.1) is 22.2 Å². The summed E-state index contributed by atoms with van der Waals surface area (Å²) in [4.78, 5) is 1.45. The van der Waals surface area contributed by atoms with E-state index in [0.717, 1.165) is 25.7 Å². The Morgan fingerprint density at radius 3 is 2.41 bits per heavy atom. The van der Waals surface area contributed by atoms with Gasteiger partial charge in [0.05, 0.1) is 18.5 Å². The molecule has 0 atom stereocenters. The fraction of sp³-hybridized carbons (Fsp3) is 0.833. The summed E-state index contributed by atoms with van der Waals surface area (Å²) in [5.41, 5.74) is 0.0920. The zero-order chi connectivity index (χ0) is 12.5. The van der Waals surface area contributed by atoms with Gasteiger partial charge in [-0.3, -0.25) is 0 Å². The number of nitrogens with zero attached hydrogens (tertiary/aromatic N) is 5. The molecule has 0 unspecified atom stereocenters. The Morgan fingerprint density at radius 2 is 1.94 bits per heavy atom. The van der Waals surface area contributed by atoms with Crippen molar-refractivity contribution >= 4 is 0 Å². The standard InChI is InChI=1S/C12H19N5/c1-11(2)4-6-12(9-13,7-5-11)8-10-14-16-17(3)15-10/h4-8H2,1-3H3. The van der Waals surface area contributed by atoms with E-state index in [1.807, 2.05) is 0 Å². The minimum Gasteiger partial charge on any atom is -0.198 e. The third-order valence-electron chi connectivity index (χ3n) is 3.84. The van der Waals surface area contributed by atoms with Crippen LogP contribution in [0.3, 0.4) is 0 Å². The SMILES string of the molecule is Cn1nnc(CC2(C#N)CCC(C)(C)CC2)n1. The van der Waals surface area contributed by atoms with E-state index < -0.39 is 0 Å². The fourth-order valence-electron chi connectivity index (χ4n) is 2.43.